The van der Waals surface area contributed by atoms with Gasteiger partial charge in [-0.05, 0) is 36.2 Å². The van der Waals surface area contributed by atoms with Gasteiger partial charge in [0.15, 0.2) is 11.4 Å². The third-order valence-electron chi connectivity index (χ3n) is 6.48. The molecule has 2 aromatic carbocycles. The van der Waals surface area contributed by atoms with Crippen LogP contribution in [0.15, 0.2) is 89.7 Å². The van der Waals surface area contributed by atoms with Crippen molar-refractivity contribution in [2.24, 2.45) is 0 Å². The predicted molar refractivity (Wildman–Crippen MR) is 137 cm³/mol. The smallest absolute Gasteiger partial charge is 0.289 e. The predicted octanol–water partition coefficient (Wildman–Crippen LogP) is 4.35. The van der Waals surface area contributed by atoms with Gasteiger partial charge in [-0.3, -0.25) is 4.79 Å². The number of amides is 1. The maximum Gasteiger partial charge on any atom is 0.289 e. The van der Waals surface area contributed by atoms with Gasteiger partial charge in [0.25, 0.3) is 5.91 Å². The van der Waals surface area contributed by atoms with Crippen LogP contribution in [0.25, 0.3) is 16.7 Å². The zero-order chi connectivity index (χ0) is 24.3. The largest absolute Gasteiger partial charge is 0.459 e. The molecule has 0 saturated carbocycles. The highest BCUT2D eigenvalue weighted by molar-refractivity contribution is 5.91. The molecule has 0 unspecified atom stereocenters. The molecule has 0 atom stereocenters. The number of hydrogen-bond donors (Lipinski definition) is 0. The Balaban J connectivity index is 1.36. The van der Waals surface area contributed by atoms with Crippen molar-refractivity contribution in [1.82, 2.24) is 24.6 Å². The number of carbonyl (C=O) groups is 1. The summed E-state index contributed by atoms with van der Waals surface area (Å²) in [6.45, 7) is 2.71. The summed E-state index contributed by atoms with van der Waals surface area (Å²) in [5.74, 6) is 1.91. The number of rotatable bonds is 5. The lowest BCUT2D eigenvalue weighted by atomic mass is 10.1. The zero-order valence-electron chi connectivity index (χ0n) is 19.8. The summed E-state index contributed by atoms with van der Waals surface area (Å²) in [5, 5.41) is 5.58. The molecule has 0 aliphatic carbocycles. The van der Waals surface area contributed by atoms with Gasteiger partial charge < -0.3 is 14.2 Å². The first kappa shape index (κ1) is 22.0. The van der Waals surface area contributed by atoms with Crippen LogP contribution in [0.3, 0.4) is 0 Å². The quantitative estimate of drug-likeness (QED) is 0.374. The second-order valence-corrected chi connectivity index (χ2v) is 8.87. The van der Waals surface area contributed by atoms with Crippen molar-refractivity contribution in [1.29, 1.82) is 0 Å². The van der Waals surface area contributed by atoms with Gasteiger partial charge in [0.1, 0.15) is 11.6 Å². The molecule has 36 heavy (non-hydrogen) atoms. The molecule has 8 heteroatoms. The summed E-state index contributed by atoms with van der Waals surface area (Å²) in [6.07, 6.45) is 4.84. The van der Waals surface area contributed by atoms with Crippen molar-refractivity contribution in [3.8, 4) is 5.69 Å². The first-order valence-corrected chi connectivity index (χ1v) is 12.2. The number of carbonyl (C=O) groups excluding carboxylic acids is 1. The normalized spacial score (nSPS) is 14.2. The van der Waals surface area contributed by atoms with E-state index in [1.807, 2.05) is 64.3 Å². The Labute approximate surface area is 208 Å². The highest BCUT2D eigenvalue weighted by Gasteiger charge is 2.25. The average Bonchev–Trinajstić information content (AvgIpc) is 3.54. The standard InChI is InChI=1S/C28H26N6O2/c35-28(24-13-7-18-36-24)33-15-8-14-32(16-17-33)26-23-20-29-34(22-11-5-2-6-12-22)27(23)31-25(30-26)19-21-9-3-1-4-10-21/h1-7,9-13,18,20H,8,14-17,19H2. The van der Waals surface area contributed by atoms with Gasteiger partial charge in [-0.25, -0.2) is 14.6 Å². The molecule has 6 rings (SSSR count). The lowest BCUT2D eigenvalue weighted by Crippen LogP contribution is -2.35. The highest BCUT2D eigenvalue weighted by atomic mass is 16.3. The number of nitrogens with zero attached hydrogens (tertiary/aromatic N) is 6. The third-order valence-corrected chi connectivity index (χ3v) is 6.48. The SMILES string of the molecule is O=C(c1ccco1)N1CCCN(c2nc(Cc3ccccc3)nc3c2cnn3-c2ccccc2)CC1. The van der Waals surface area contributed by atoms with Crippen molar-refractivity contribution >= 4 is 22.8 Å². The third kappa shape index (κ3) is 4.33. The number of hydrogen-bond acceptors (Lipinski definition) is 6. The van der Waals surface area contributed by atoms with Crippen LogP contribution in [0.5, 0.6) is 0 Å². The van der Waals surface area contributed by atoms with E-state index in [0.29, 0.717) is 31.8 Å². The van der Waals surface area contributed by atoms with Crippen LogP contribution in [-0.2, 0) is 6.42 Å². The van der Waals surface area contributed by atoms with Crippen LogP contribution in [0.2, 0.25) is 0 Å². The van der Waals surface area contributed by atoms with Crippen LogP contribution in [0, 0.1) is 0 Å². The van der Waals surface area contributed by atoms with E-state index in [0.717, 1.165) is 46.9 Å². The number of para-hydroxylation sites is 1. The second kappa shape index (κ2) is 9.65. The molecule has 0 N–H and O–H groups in total. The fourth-order valence-corrected chi connectivity index (χ4v) is 4.68. The van der Waals surface area contributed by atoms with E-state index in [4.69, 9.17) is 14.4 Å². The first-order valence-electron chi connectivity index (χ1n) is 12.2. The van der Waals surface area contributed by atoms with E-state index < -0.39 is 0 Å². The van der Waals surface area contributed by atoms with E-state index in [-0.39, 0.29) is 5.91 Å². The summed E-state index contributed by atoms with van der Waals surface area (Å²) >= 11 is 0. The molecule has 5 aromatic rings. The van der Waals surface area contributed by atoms with Crippen LogP contribution in [0.1, 0.15) is 28.4 Å². The summed E-state index contributed by atoms with van der Waals surface area (Å²) < 4.78 is 7.21. The molecule has 180 valence electrons. The van der Waals surface area contributed by atoms with Crippen molar-refractivity contribution < 1.29 is 9.21 Å². The Morgan fingerprint density at radius 3 is 2.44 bits per heavy atom. The van der Waals surface area contributed by atoms with Crippen LogP contribution in [0.4, 0.5) is 5.82 Å². The van der Waals surface area contributed by atoms with Gasteiger partial charge >= 0.3 is 0 Å². The summed E-state index contributed by atoms with van der Waals surface area (Å²) in [6, 6.07) is 23.7. The zero-order valence-corrected chi connectivity index (χ0v) is 19.8. The molecule has 0 spiro atoms. The second-order valence-electron chi connectivity index (χ2n) is 8.87. The van der Waals surface area contributed by atoms with Gasteiger partial charge in [0.05, 0.1) is 23.5 Å². The molecule has 1 saturated heterocycles. The molecule has 1 amide bonds. The highest BCUT2D eigenvalue weighted by Crippen LogP contribution is 2.27. The summed E-state index contributed by atoms with van der Waals surface area (Å²) in [5.41, 5.74) is 2.89. The summed E-state index contributed by atoms with van der Waals surface area (Å²) in [4.78, 5) is 26.9. The summed E-state index contributed by atoms with van der Waals surface area (Å²) in [7, 11) is 0. The van der Waals surface area contributed by atoms with E-state index in [9.17, 15) is 4.79 Å². The maximum atomic E-state index is 12.9. The fourth-order valence-electron chi connectivity index (χ4n) is 4.68. The van der Waals surface area contributed by atoms with Crippen LogP contribution < -0.4 is 4.90 Å². The maximum absolute atomic E-state index is 12.9. The Kier molecular flexibility index (Phi) is 5.91. The van der Waals surface area contributed by atoms with Gasteiger partial charge in [-0.2, -0.15) is 5.10 Å². The molecular formula is C28H26N6O2. The number of aromatic nitrogens is 4. The average molecular weight is 479 g/mol. The van der Waals surface area contributed by atoms with E-state index in [1.165, 1.54) is 6.26 Å². The lowest BCUT2D eigenvalue weighted by Gasteiger charge is -2.23. The molecule has 8 nitrogen and oxygen atoms in total. The van der Waals surface area contributed by atoms with Crippen molar-refractivity contribution in [3.63, 3.8) is 0 Å². The minimum atomic E-state index is -0.0728. The Morgan fingerprint density at radius 1 is 0.861 bits per heavy atom. The van der Waals surface area contributed by atoms with E-state index in [2.05, 4.69) is 22.1 Å². The number of fused-ring (bicyclic) bond motifs is 1. The minimum absolute atomic E-state index is 0.0728. The molecule has 0 bridgehead atoms. The number of anilines is 1. The van der Waals surface area contributed by atoms with E-state index in [1.54, 1.807) is 12.1 Å². The molecule has 1 fully saturated rings. The van der Waals surface area contributed by atoms with Gasteiger partial charge in [-0.15, -0.1) is 0 Å². The van der Waals surface area contributed by atoms with Crippen molar-refractivity contribution in [2.75, 3.05) is 31.1 Å². The monoisotopic (exact) mass is 478 g/mol. The van der Waals surface area contributed by atoms with E-state index >= 15 is 0 Å². The number of benzene rings is 2. The van der Waals surface area contributed by atoms with Crippen LogP contribution >= 0.6 is 0 Å². The van der Waals surface area contributed by atoms with Crippen molar-refractivity contribution in [2.45, 2.75) is 12.8 Å². The van der Waals surface area contributed by atoms with Gasteiger partial charge in [0, 0.05) is 32.6 Å². The molecule has 0 radical (unpaired) electrons. The van der Waals surface area contributed by atoms with Crippen molar-refractivity contribution in [3.05, 3.63) is 102 Å². The van der Waals surface area contributed by atoms with Gasteiger partial charge in [0.2, 0.25) is 0 Å². The van der Waals surface area contributed by atoms with Crippen LogP contribution in [-0.4, -0.2) is 56.7 Å². The lowest BCUT2D eigenvalue weighted by molar-refractivity contribution is 0.0735. The molecule has 3 aromatic heterocycles. The number of furan rings is 1. The molecular weight excluding hydrogens is 452 g/mol. The van der Waals surface area contributed by atoms with Gasteiger partial charge in [-0.1, -0.05) is 48.5 Å². The Hall–Kier alpha value is -4.46. The molecule has 1 aliphatic rings. The Bertz CT molecular complexity index is 1460. The molecule has 1 aliphatic heterocycles. The first-order chi connectivity index (χ1) is 17.8. The topological polar surface area (TPSA) is 80.3 Å². The Morgan fingerprint density at radius 2 is 1.67 bits per heavy atom. The fraction of sp³-hybridized carbons (Fsp3) is 0.214. The molecule has 4 heterocycles. The minimum Gasteiger partial charge on any atom is -0.459 e.